The zero-order valence-corrected chi connectivity index (χ0v) is 8.70. The molecule has 2 N–H and O–H groups in total. The van der Waals surface area contributed by atoms with Gasteiger partial charge in [-0.15, -0.1) is 0 Å². The van der Waals surface area contributed by atoms with Gasteiger partial charge in [0.15, 0.2) is 0 Å². The van der Waals surface area contributed by atoms with E-state index in [-0.39, 0.29) is 0 Å². The normalized spacial score (nSPS) is 9.93. The minimum absolute atomic E-state index is 0.807. The lowest BCUT2D eigenvalue weighted by molar-refractivity contribution is 0.322. The predicted molar refractivity (Wildman–Crippen MR) is 61.2 cm³/mol. The Kier molecular flexibility index (Phi) is 4.99. The fourth-order valence-electron chi connectivity index (χ4n) is 1.13. The summed E-state index contributed by atoms with van der Waals surface area (Å²) in [5.41, 5.74) is 1.71. The Morgan fingerprint density at radius 3 is 3.00 bits per heavy atom. The summed E-state index contributed by atoms with van der Waals surface area (Å²) in [6.07, 6.45) is 2.20. The zero-order chi connectivity index (χ0) is 10.9. The lowest BCUT2D eigenvalue weighted by Crippen LogP contribution is -2.05. The second-order valence-electron chi connectivity index (χ2n) is 2.99. The second kappa shape index (κ2) is 6.63. The molecule has 0 aliphatic heterocycles. The molecular weight excluding hydrogens is 188 g/mol. The molecule has 0 bridgehead atoms. The first-order valence-corrected chi connectivity index (χ1v) is 4.78. The Morgan fingerprint density at radius 1 is 1.47 bits per heavy atom. The van der Waals surface area contributed by atoms with Gasteiger partial charge < -0.3 is 10.5 Å². The molecule has 1 rings (SSSR count). The van der Waals surface area contributed by atoms with Gasteiger partial charge in [0.2, 0.25) is 0 Å². The van der Waals surface area contributed by atoms with Gasteiger partial charge in [-0.1, -0.05) is 35.2 Å². The topological polar surface area (TPSA) is 44.6 Å². The van der Waals surface area contributed by atoms with Crippen LogP contribution in [0.4, 0.5) is 0 Å². The highest BCUT2D eigenvalue weighted by molar-refractivity contribution is 5.82. The number of nitrogens with zero attached hydrogens (tertiary/aromatic N) is 1. The van der Waals surface area contributed by atoms with Gasteiger partial charge in [-0.05, 0) is 13.1 Å². The van der Waals surface area contributed by atoms with Crippen molar-refractivity contribution in [3.05, 3.63) is 35.4 Å². The van der Waals surface area contributed by atoms with Crippen LogP contribution in [-0.4, -0.2) is 25.0 Å². The first-order chi connectivity index (χ1) is 7.38. The van der Waals surface area contributed by atoms with E-state index in [0.29, 0.717) is 0 Å². The predicted octanol–water partition coefficient (Wildman–Crippen LogP) is 1.46. The van der Waals surface area contributed by atoms with E-state index < -0.39 is 0 Å². The number of hydrogen-bond acceptors (Lipinski definition) is 3. The Bertz CT molecular complexity index is 388. The second-order valence-corrected chi connectivity index (χ2v) is 2.99. The fraction of sp³-hybridized carbons (Fsp3) is 0.250. The molecule has 15 heavy (non-hydrogen) atoms. The Labute approximate surface area is 89.8 Å². The summed E-state index contributed by atoms with van der Waals surface area (Å²) in [5.74, 6) is 6.09. The molecule has 0 radical (unpaired) electrons. The van der Waals surface area contributed by atoms with Gasteiger partial charge in [0.1, 0.15) is 0 Å². The van der Waals surface area contributed by atoms with E-state index >= 15 is 0 Å². The van der Waals surface area contributed by atoms with Crippen LogP contribution in [0.15, 0.2) is 29.4 Å². The third-order valence-corrected chi connectivity index (χ3v) is 1.88. The highest BCUT2D eigenvalue weighted by atomic mass is 16.4. The summed E-state index contributed by atoms with van der Waals surface area (Å²) >= 11 is 0. The van der Waals surface area contributed by atoms with Crippen molar-refractivity contribution in [2.24, 2.45) is 5.16 Å². The molecule has 0 unspecified atom stereocenters. The number of hydrogen-bond donors (Lipinski definition) is 2. The van der Waals surface area contributed by atoms with Crippen LogP contribution in [0, 0.1) is 11.8 Å². The molecule has 3 nitrogen and oxygen atoms in total. The summed E-state index contributed by atoms with van der Waals surface area (Å²) in [6.45, 7) is 0.878. The van der Waals surface area contributed by atoms with E-state index in [0.717, 1.165) is 24.1 Å². The highest BCUT2D eigenvalue weighted by Gasteiger charge is 1.94. The van der Waals surface area contributed by atoms with Gasteiger partial charge in [0, 0.05) is 24.1 Å². The van der Waals surface area contributed by atoms with Crippen molar-refractivity contribution in [2.75, 3.05) is 13.6 Å². The van der Waals surface area contributed by atoms with Crippen molar-refractivity contribution in [3.8, 4) is 11.8 Å². The molecule has 3 heteroatoms. The van der Waals surface area contributed by atoms with E-state index in [4.69, 9.17) is 5.21 Å². The van der Waals surface area contributed by atoms with Crippen LogP contribution in [0.2, 0.25) is 0 Å². The molecule has 1 aromatic rings. The van der Waals surface area contributed by atoms with Crippen molar-refractivity contribution in [3.63, 3.8) is 0 Å². The standard InChI is InChI=1S/C12H14N2O/c1-13-9-5-4-7-11-6-2-3-8-12(11)10-14-15/h2-3,6,8,10,13,15H,5,9H2,1H3. The van der Waals surface area contributed by atoms with Crippen molar-refractivity contribution in [1.82, 2.24) is 5.32 Å². The quantitative estimate of drug-likeness (QED) is 0.256. The molecule has 0 saturated carbocycles. The molecule has 0 aromatic heterocycles. The highest BCUT2D eigenvalue weighted by Crippen LogP contribution is 2.04. The SMILES string of the molecule is CNCCC#Cc1ccccc1C=NO. The van der Waals surface area contributed by atoms with Crippen LogP contribution >= 0.6 is 0 Å². The summed E-state index contributed by atoms with van der Waals surface area (Å²) < 4.78 is 0. The first kappa shape index (κ1) is 11.3. The smallest absolute Gasteiger partial charge is 0.0746 e. The molecule has 0 atom stereocenters. The molecule has 0 spiro atoms. The van der Waals surface area contributed by atoms with Crippen molar-refractivity contribution in [1.29, 1.82) is 0 Å². The van der Waals surface area contributed by atoms with Crippen molar-refractivity contribution in [2.45, 2.75) is 6.42 Å². The molecule has 78 valence electrons. The van der Waals surface area contributed by atoms with Crippen LogP contribution in [0.1, 0.15) is 17.5 Å². The van der Waals surface area contributed by atoms with Gasteiger partial charge >= 0.3 is 0 Å². The monoisotopic (exact) mass is 202 g/mol. The number of rotatable bonds is 3. The Balaban J connectivity index is 2.77. The lowest BCUT2D eigenvalue weighted by atomic mass is 10.1. The third-order valence-electron chi connectivity index (χ3n) is 1.88. The van der Waals surface area contributed by atoms with Crippen molar-refractivity contribution >= 4 is 6.21 Å². The minimum atomic E-state index is 0.807. The number of oxime groups is 1. The van der Waals surface area contributed by atoms with Gasteiger partial charge in [0.05, 0.1) is 6.21 Å². The summed E-state index contributed by atoms with van der Waals surface area (Å²) in [4.78, 5) is 0. The maximum atomic E-state index is 8.47. The number of nitrogens with one attached hydrogen (secondary N) is 1. The Morgan fingerprint density at radius 2 is 2.27 bits per heavy atom. The molecule has 0 fully saturated rings. The minimum Gasteiger partial charge on any atom is -0.411 e. The van der Waals surface area contributed by atoms with Gasteiger partial charge in [-0.2, -0.15) is 0 Å². The Hall–Kier alpha value is -1.79. The maximum absolute atomic E-state index is 8.47. The van der Waals surface area contributed by atoms with Crippen molar-refractivity contribution < 1.29 is 5.21 Å². The summed E-state index contributed by atoms with van der Waals surface area (Å²) in [7, 11) is 1.90. The van der Waals surface area contributed by atoms with E-state index in [2.05, 4.69) is 22.3 Å². The van der Waals surface area contributed by atoms with Crippen LogP contribution in [0.3, 0.4) is 0 Å². The number of benzene rings is 1. The van der Waals surface area contributed by atoms with Crippen LogP contribution in [-0.2, 0) is 0 Å². The van der Waals surface area contributed by atoms with E-state index in [9.17, 15) is 0 Å². The fourth-order valence-corrected chi connectivity index (χ4v) is 1.13. The molecule has 0 aliphatic rings. The molecule has 0 saturated heterocycles. The maximum Gasteiger partial charge on any atom is 0.0746 e. The van der Waals surface area contributed by atoms with Crippen LogP contribution in [0.25, 0.3) is 0 Å². The third kappa shape index (κ3) is 3.84. The molecular formula is C12H14N2O. The van der Waals surface area contributed by atoms with Crippen LogP contribution < -0.4 is 5.32 Å². The van der Waals surface area contributed by atoms with E-state index in [1.54, 1.807) is 0 Å². The first-order valence-electron chi connectivity index (χ1n) is 4.78. The zero-order valence-electron chi connectivity index (χ0n) is 8.70. The van der Waals surface area contributed by atoms with Crippen LogP contribution in [0.5, 0.6) is 0 Å². The van der Waals surface area contributed by atoms with Gasteiger partial charge in [0.25, 0.3) is 0 Å². The van der Waals surface area contributed by atoms with Gasteiger partial charge in [-0.25, -0.2) is 0 Å². The summed E-state index contributed by atoms with van der Waals surface area (Å²) in [5, 5.41) is 14.5. The molecule has 0 heterocycles. The molecule has 1 aromatic carbocycles. The van der Waals surface area contributed by atoms with Gasteiger partial charge in [-0.3, -0.25) is 0 Å². The molecule has 0 amide bonds. The molecule has 0 aliphatic carbocycles. The van der Waals surface area contributed by atoms with E-state index in [1.807, 2.05) is 31.3 Å². The average molecular weight is 202 g/mol. The van der Waals surface area contributed by atoms with E-state index in [1.165, 1.54) is 6.21 Å². The largest absolute Gasteiger partial charge is 0.411 e. The summed E-state index contributed by atoms with van der Waals surface area (Å²) in [6, 6.07) is 7.57. The lowest BCUT2D eigenvalue weighted by Gasteiger charge is -1.95. The average Bonchev–Trinajstić information content (AvgIpc) is 2.27.